The maximum Gasteiger partial charge on any atom is 0.396 e. The van der Waals surface area contributed by atoms with Gasteiger partial charge >= 0.3 is 11.9 Å². The SMILES string of the molecule is COC(=O)c1nnc(-c2ccc(F)c(C)c2)o1. The fourth-order valence-corrected chi connectivity index (χ4v) is 1.29. The molecule has 2 aromatic rings. The van der Waals surface area contributed by atoms with Crippen LogP contribution in [0.5, 0.6) is 0 Å². The Balaban J connectivity index is 2.37. The lowest BCUT2D eigenvalue weighted by molar-refractivity contribution is 0.0556. The van der Waals surface area contributed by atoms with Gasteiger partial charge in [0, 0.05) is 5.56 Å². The Kier molecular flexibility index (Phi) is 2.86. The van der Waals surface area contributed by atoms with Gasteiger partial charge < -0.3 is 9.15 Å². The number of aryl methyl sites for hydroxylation is 1. The largest absolute Gasteiger partial charge is 0.462 e. The molecule has 0 unspecified atom stereocenters. The summed E-state index contributed by atoms with van der Waals surface area (Å²) in [5.41, 5.74) is 1.01. The lowest BCUT2D eigenvalue weighted by Gasteiger charge is -1.98. The molecule has 1 aromatic carbocycles. The van der Waals surface area contributed by atoms with Crippen molar-refractivity contribution in [3.63, 3.8) is 0 Å². The third-order valence-corrected chi connectivity index (χ3v) is 2.19. The van der Waals surface area contributed by atoms with E-state index in [4.69, 9.17) is 4.42 Å². The quantitative estimate of drug-likeness (QED) is 0.746. The number of methoxy groups -OCH3 is 1. The summed E-state index contributed by atoms with van der Waals surface area (Å²) in [5, 5.41) is 7.22. The van der Waals surface area contributed by atoms with E-state index in [1.54, 1.807) is 13.0 Å². The molecule has 0 saturated heterocycles. The Morgan fingerprint density at radius 1 is 1.41 bits per heavy atom. The Bertz CT molecular complexity index is 566. The summed E-state index contributed by atoms with van der Waals surface area (Å²) < 4.78 is 22.6. The fourth-order valence-electron chi connectivity index (χ4n) is 1.29. The van der Waals surface area contributed by atoms with Gasteiger partial charge in [-0.2, -0.15) is 0 Å². The Morgan fingerprint density at radius 3 is 2.82 bits per heavy atom. The van der Waals surface area contributed by atoms with Gasteiger partial charge in [-0.1, -0.05) is 0 Å². The molecular formula is C11H9FN2O3. The van der Waals surface area contributed by atoms with Crippen LogP contribution in [0.4, 0.5) is 4.39 Å². The molecule has 0 aliphatic heterocycles. The minimum Gasteiger partial charge on any atom is -0.462 e. The summed E-state index contributed by atoms with van der Waals surface area (Å²) >= 11 is 0. The number of ether oxygens (including phenoxy) is 1. The van der Waals surface area contributed by atoms with Crippen molar-refractivity contribution in [2.45, 2.75) is 6.92 Å². The third kappa shape index (κ3) is 2.15. The van der Waals surface area contributed by atoms with Crippen molar-refractivity contribution in [2.75, 3.05) is 7.11 Å². The van der Waals surface area contributed by atoms with E-state index in [-0.39, 0.29) is 17.6 Å². The highest BCUT2D eigenvalue weighted by molar-refractivity contribution is 5.84. The molecule has 6 heteroatoms. The van der Waals surface area contributed by atoms with E-state index in [0.29, 0.717) is 11.1 Å². The van der Waals surface area contributed by atoms with Gasteiger partial charge in [0.1, 0.15) is 5.82 Å². The molecule has 0 radical (unpaired) electrons. The summed E-state index contributed by atoms with van der Waals surface area (Å²) in [6.45, 7) is 1.62. The molecule has 88 valence electrons. The molecule has 0 bridgehead atoms. The monoisotopic (exact) mass is 236 g/mol. The molecule has 0 amide bonds. The number of aromatic nitrogens is 2. The summed E-state index contributed by atoms with van der Waals surface area (Å²) in [5.74, 6) is -1.11. The second-order valence-corrected chi connectivity index (χ2v) is 3.37. The lowest BCUT2D eigenvalue weighted by Crippen LogP contribution is -2.00. The Morgan fingerprint density at radius 2 is 2.18 bits per heavy atom. The number of carbonyl (C=O) groups excluding carboxylic acids is 1. The molecule has 0 aliphatic rings. The second-order valence-electron chi connectivity index (χ2n) is 3.37. The first-order valence-electron chi connectivity index (χ1n) is 4.80. The first kappa shape index (κ1) is 11.3. The minimum absolute atomic E-state index is 0.147. The van der Waals surface area contributed by atoms with Gasteiger partial charge in [-0.3, -0.25) is 0 Å². The van der Waals surface area contributed by atoms with Crippen molar-refractivity contribution >= 4 is 5.97 Å². The van der Waals surface area contributed by atoms with E-state index in [1.165, 1.54) is 19.2 Å². The highest BCUT2D eigenvalue weighted by Crippen LogP contribution is 2.20. The lowest BCUT2D eigenvalue weighted by atomic mass is 10.1. The van der Waals surface area contributed by atoms with Gasteiger partial charge in [0.15, 0.2) is 0 Å². The van der Waals surface area contributed by atoms with Crippen LogP contribution in [0.25, 0.3) is 11.5 Å². The van der Waals surface area contributed by atoms with Gasteiger partial charge in [-0.25, -0.2) is 9.18 Å². The summed E-state index contributed by atoms with van der Waals surface area (Å²) in [6, 6.07) is 4.35. The molecule has 0 aliphatic carbocycles. The van der Waals surface area contributed by atoms with Crippen molar-refractivity contribution in [3.8, 4) is 11.5 Å². The highest BCUT2D eigenvalue weighted by Gasteiger charge is 2.16. The zero-order valence-electron chi connectivity index (χ0n) is 9.23. The van der Waals surface area contributed by atoms with E-state index in [0.717, 1.165) is 0 Å². The number of hydrogen-bond acceptors (Lipinski definition) is 5. The number of carbonyl (C=O) groups is 1. The molecule has 0 spiro atoms. The van der Waals surface area contributed by atoms with Crippen LogP contribution in [0.1, 0.15) is 16.2 Å². The summed E-state index contributed by atoms with van der Waals surface area (Å²) in [4.78, 5) is 11.1. The zero-order chi connectivity index (χ0) is 12.4. The molecule has 1 heterocycles. The van der Waals surface area contributed by atoms with Gasteiger partial charge in [-0.05, 0) is 30.7 Å². The standard InChI is InChI=1S/C11H9FN2O3/c1-6-5-7(3-4-8(6)12)9-13-14-10(17-9)11(15)16-2/h3-5H,1-2H3. The summed E-state index contributed by atoms with van der Waals surface area (Å²) in [6.07, 6.45) is 0. The molecule has 0 fully saturated rings. The molecule has 5 nitrogen and oxygen atoms in total. The number of esters is 1. The predicted molar refractivity (Wildman–Crippen MR) is 55.8 cm³/mol. The predicted octanol–water partition coefficient (Wildman–Crippen LogP) is 1.97. The van der Waals surface area contributed by atoms with Crippen molar-refractivity contribution in [1.29, 1.82) is 0 Å². The van der Waals surface area contributed by atoms with Gasteiger partial charge in [0.25, 0.3) is 0 Å². The zero-order valence-corrected chi connectivity index (χ0v) is 9.23. The van der Waals surface area contributed by atoms with E-state index >= 15 is 0 Å². The van der Waals surface area contributed by atoms with Crippen molar-refractivity contribution in [2.24, 2.45) is 0 Å². The van der Waals surface area contributed by atoms with Crippen LogP contribution in [0.15, 0.2) is 22.6 Å². The molecule has 0 N–H and O–H groups in total. The fraction of sp³-hybridized carbons (Fsp3) is 0.182. The van der Waals surface area contributed by atoms with Gasteiger partial charge in [0.2, 0.25) is 5.89 Å². The van der Waals surface area contributed by atoms with E-state index in [1.807, 2.05) is 0 Å². The normalized spacial score (nSPS) is 10.3. The molecule has 0 saturated carbocycles. The van der Waals surface area contributed by atoms with E-state index in [2.05, 4.69) is 14.9 Å². The van der Waals surface area contributed by atoms with Crippen LogP contribution in [0.3, 0.4) is 0 Å². The molecule has 1 aromatic heterocycles. The van der Waals surface area contributed by atoms with Crippen LogP contribution in [0, 0.1) is 12.7 Å². The topological polar surface area (TPSA) is 65.2 Å². The first-order valence-corrected chi connectivity index (χ1v) is 4.80. The Hall–Kier alpha value is -2.24. The molecule has 17 heavy (non-hydrogen) atoms. The number of rotatable bonds is 2. The van der Waals surface area contributed by atoms with Crippen molar-refractivity contribution in [3.05, 3.63) is 35.5 Å². The first-order chi connectivity index (χ1) is 8.11. The maximum absolute atomic E-state index is 13.1. The molecular weight excluding hydrogens is 227 g/mol. The highest BCUT2D eigenvalue weighted by atomic mass is 19.1. The second kappa shape index (κ2) is 4.32. The van der Waals surface area contributed by atoms with Gasteiger partial charge in [0.05, 0.1) is 7.11 Å². The average Bonchev–Trinajstić information content (AvgIpc) is 2.81. The van der Waals surface area contributed by atoms with Crippen molar-refractivity contribution in [1.82, 2.24) is 10.2 Å². The Labute approximate surface area is 96.2 Å². The minimum atomic E-state index is -0.706. The van der Waals surface area contributed by atoms with Crippen LogP contribution >= 0.6 is 0 Å². The smallest absolute Gasteiger partial charge is 0.396 e. The third-order valence-electron chi connectivity index (χ3n) is 2.19. The number of halogens is 1. The van der Waals surface area contributed by atoms with E-state index < -0.39 is 5.97 Å². The number of nitrogens with zero attached hydrogens (tertiary/aromatic N) is 2. The van der Waals surface area contributed by atoms with Crippen LogP contribution in [-0.2, 0) is 4.74 Å². The van der Waals surface area contributed by atoms with E-state index in [9.17, 15) is 9.18 Å². The van der Waals surface area contributed by atoms with Crippen molar-refractivity contribution < 1.29 is 18.3 Å². The van der Waals surface area contributed by atoms with Gasteiger partial charge in [-0.15, -0.1) is 10.2 Å². The molecule has 0 atom stereocenters. The maximum atomic E-state index is 13.1. The van der Waals surface area contributed by atoms with Crippen LogP contribution < -0.4 is 0 Å². The van der Waals surface area contributed by atoms with Crippen LogP contribution in [-0.4, -0.2) is 23.3 Å². The number of hydrogen-bond donors (Lipinski definition) is 0. The summed E-state index contributed by atoms with van der Waals surface area (Å²) in [7, 11) is 1.22. The van der Waals surface area contributed by atoms with Crippen LogP contribution in [0.2, 0.25) is 0 Å². The number of benzene rings is 1. The average molecular weight is 236 g/mol. The molecule has 2 rings (SSSR count).